The van der Waals surface area contributed by atoms with E-state index in [-0.39, 0.29) is 0 Å². The van der Waals surface area contributed by atoms with Crippen LogP contribution in [0.1, 0.15) is 63.0 Å². The second kappa shape index (κ2) is 4.35. The number of nitrogens with two attached hydrogens (primary N) is 1. The van der Waals surface area contributed by atoms with E-state index in [2.05, 4.69) is 29.6 Å². The molecule has 1 heterocycles. The molecular weight excluding hydrogens is 186 g/mol. The smallest absolute Gasteiger partial charge is 0.112 e. The Balaban J connectivity index is 2.30. The molecule has 0 saturated heterocycles. The van der Waals surface area contributed by atoms with Crippen LogP contribution in [0.4, 0.5) is 0 Å². The van der Waals surface area contributed by atoms with Gasteiger partial charge in [-0.2, -0.15) is 0 Å². The summed E-state index contributed by atoms with van der Waals surface area (Å²) in [6.45, 7) is 4.97. The van der Waals surface area contributed by atoms with Gasteiger partial charge >= 0.3 is 0 Å². The number of rotatable bonds is 3. The van der Waals surface area contributed by atoms with Crippen molar-refractivity contribution in [3.63, 3.8) is 0 Å². The van der Waals surface area contributed by atoms with E-state index in [4.69, 9.17) is 5.73 Å². The average Bonchev–Trinajstić information content (AvgIpc) is 2.86. The quantitative estimate of drug-likeness (QED) is 0.828. The first kappa shape index (κ1) is 10.7. The van der Waals surface area contributed by atoms with Crippen molar-refractivity contribution < 1.29 is 0 Å². The molecule has 1 saturated carbocycles. The zero-order valence-corrected chi connectivity index (χ0v) is 9.74. The van der Waals surface area contributed by atoms with Gasteiger partial charge in [-0.3, -0.25) is 0 Å². The van der Waals surface area contributed by atoms with Crippen molar-refractivity contribution in [1.82, 2.24) is 9.55 Å². The first-order valence-electron chi connectivity index (χ1n) is 6.00. The molecule has 2 N–H and O–H groups in total. The molecule has 1 aromatic heterocycles. The second-order valence-corrected chi connectivity index (χ2v) is 4.78. The minimum Gasteiger partial charge on any atom is -0.332 e. The zero-order valence-electron chi connectivity index (χ0n) is 9.74. The van der Waals surface area contributed by atoms with Gasteiger partial charge in [-0.25, -0.2) is 4.98 Å². The van der Waals surface area contributed by atoms with Crippen LogP contribution in [0.5, 0.6) is 0 Å². The maximum Gasteiger partial charge on any atom is 0.112 e. The summed E-state index contributed by atoms with van der Waals surface area (Å²) in [6, 6.07) is 0.494. The maximum absolute atomic E-state index is 5.66. The lowest BCUT2D eigenvalue weighted by molar-refractivity contribution is 0.528. The van der Waals surface area contributed by atoms with Gasteiger partial charge in [0.15, 0.2) is 0 Å². The first-order valence-corrected chi connectivity index (χ1v) is 6.00. The van der Waals surface area contributed by atoms with E-state index in [1.165, 1.54) is 31.5 Å². The Bertz CT molecular complexity index is 322. The van der Waals surface area contributed by atoms with Gasteiger partial charge < -0.3 is 10.3 Å². The number of aromatic nitrogens is 2. The van der Waals surface area contributed by atoms with Crippen LogP contribution < -0.4 is 5.73 Å². The third-order valence-corrected chi connectivity index (χ3v) is 3.30. The monoisotopic (exact) mass is 207 g/mol. The van der Waals surface area contributed by atoms with Crippen LogP contribution in [0.3, 0.4) is 0 Å². The number of nitrogens with zero attached hydrogens (tertiary/aromatic N) is 2. The van der Waals surface area contributed by atoms with Crippen molar-refractivity contribution >= 4 is 0 Å². The van der Waals surface area contributed by atoms with Crippen LogP contribution in [0.2, 0.25) is 0 Å². The molecule has 1 fully saturated rings. The number of hydrogen-bond acceptors (Lipinski definition) is 2. The van der Waals surface area contributed by atoms with E-state index in [1.54, 1.807) is 0 Å². The van der Waals surface area contributed by atoms with Crippen LogP contribution in [0.25, 0.3) is 0 Å². The number of hydrogen-bond donors (Lipinski definition) is 1. The Labute approximate surface area is 91.7 Å². The molecule has 2 rings (SSSR count). The van der Waals surface area contributed by atoms with Gasteiger partial charge in [0.1, 0.15) is 5.82 Å². The van der Waals surface area contributed by atoms with E-state index in [0.29, 0.717) is 18.5 Å². The van der Waals surface area contributed by atoms with E-state index < -0.39 is 0 Å². The van der Waals surface area contributed by atoms with Gasteiger partial charge in [-0.15, -0.1) is 0 Å². The van der Waals surface area contributed by atoms with Gasteiger partial charge in [-0.05, 0) is 26.7 Å². The summed E-state index contributed by atoms with van der Waals surface area (Å²) >= 11 is 0. The van der Waals surface area contributed by atoms with Crippen molar-refractivity contribution in [3.05, 3.63) is 17.7 Å². The molecule has 3 nitrogen and oxygen atoms in total. The summed E-state index contributed by atoms with van der Waals surface area (Å²) in [5, 5.41) is 0. The summed E-state index contributed by atoms with van der Waals surface area (Å²) in [6.07, 6.45) is 7.43. The molecule has 0 spiro atoms. The van der Waals surface area contributed by atoms with Crippen LogP contribution in [0, 0.1) is 0 Å². The fourth-order valence-electron chi connectivity index (χ4n) is 2.46. The Kier molecular flexibility index (Phi) is 3.10. The fourth-order valence-corrected chi connectivity index (χ4v) is 2.46. The van der Waals surface area contributed by atoms with Crippen LogP contribution in [0.15, 0.2) is 6.20 Å². The third kappa shape index (κ3) is 2.07. The minimum atomic E-state index is 0.494. The molecule has 0 atom stereocenters. The largest absolute Gasteiger partial charge is 0.332 e. The van der Waals surface area contributed by atoms with Crippen LogP contribution in [-0.2, 0) is 6.54 Å². The summed E-state index contributed by atoms with van der Waals surface area (Å²) in [4.78, 5) is 4.67. The van der Waals surface area contributed by atoms with E-state index in [0.717, 1.165) is 5.69 Å². The van der Waals surface area contributed by atoms with E-state index in [1.807, 2.05) is 0 Å². The molecule has 1 aromatic rings. The minimum absolute atomic E-state index is 0.494. The SMILES string of the molecule is CC(C)n1cc(CN)nc1C1CCCC1. The Morgan fingerprint density at radius 2 is 2.13 bits per heavy atom. The standard InChI is InChI=1S/C12H21N3/c1-9(2)15-8-11(7-13)14-12(15)10-5-3-4-6-10/h8-10H,3-7,13H2,1-2H3. The Morgan fingerprint density at radius 1 is 1.47 bits per heavy atom. The van der Waals surface area contributed by atoms with Crippen LogP contribution in [-0.4, -0.2) is 9.55 Å². The topological polar surface area (TPSA) is 43.8 Å². The molecule has 1 aliphatic carbocycles. The highest BCUT2D eigenvalue weighted by molar-refractivity contribution is 5.10. The normalized spacial score (nSPS) is 17.9. The molecule has 0 bridgehead atoms. The summed E-state index contributed by atoms with van der Waals surface area (Å²) in [5.41, 5.74) is 6.69. The molecule has 0 aliphatic heterocycles. The van der Waals surface area contributed by atoms with Crippen molar-refractivity contribution in [3.8, 4) is 0 Å². The summed E-state index contributed by atoms with van der Waals surface area (Å²) in [5.74, 6) is 1.94. The average molecular weight is 207 g/mol. The molecule has 0 amide bonds. The highest BCUT2D eigenvalue weighted by Crippen LogP contribution is 2.34. The van der Waals surface area contributed by atoms with Gasteiger partial charge in [0.2, 0.25) is 0 Å². The predicted octanol–water partition coefficient (Wildman–Crippen LogP) is 2.58. The lowest BCUT2D eigenvalue weighted by Crippen LogP contribution is -2.08. The fraction of sp³-hybridized carbons (Fsp3) is 0.750. The van der Waals surface area contributed by atoms with Gasteiger partial charge in [0.05, 0.1) is 5.69 Å². The highest BCUT2D eigenvalue weighted by Gasteiger charge is 2.23. The number of imidazole rings is 1. The van der Waals surface area contributed by atoms with Gasteiger partial charge in [0, 0.05) is 24.7 Å². The second-order valence-electron chi connectivity index (χ2n) is 4.78. The van der Waals surface area contributed by atoms with Crippen molar-refractivity contribution in [2.24, 2.45) is 5.73 Å². The highest BCUT2D eigenvalue weighted by atomic mass is 15.1. The van der Waals surface area contributed by atoms with E-state index >= 15 is 0 Å². The van der Waals surface area contributed by atoms with Crippen molar-refractivity contribution in [2.45, 2.75) is 58.0 Å². The molecule has 0 radical (unpaired) electrons. The lowest BCUT2D eigenvalue weighted by Gasteiger charge is -2.15. The molecule has 0 aromatic carbocycles. The third-order valence-electron chi connectivity index (χ3n) is 3.30. The molecule has 0 unspecified atom stereocenters. The maximum atomic E-state index is 5.66. The first-order chi connectivity index (χ1) is 7.22. The summed E-state index contributed by atoms with van der Waals surface area (Å²) in [7, 11) is 0. The lowest BCUT2D eigenvalue weighted by atomic mass is 10.1. The van der Waals surface area contributed by atoms with E-state index in [9.17, 15) is 0 Å². The Morgan fingerprint density at radius 3 is 2.67 bits per heavy atom. The predicted molar refractivity (Wildman–Crippen MR) is 61.7 cm³/mol. The molecule has 3 heteroatoms. The van der Waals surface area contributed by atoms with Gasteiger partial charge in [0.25, 0.3) is 0 Å². The zero-order chi connectivity index (χ0) is 10.8. The van der Waals surface area contributed by atoms with Crippen molar-refractivity contribution in [2.75, 3.05) is 0 Å². The molecule has 84 valence electrons. The Hall–Kier alpha value is -0.830. The molecular formula is C12H21N3. The molecule has 1 aliphatic rings. The molecule has 15 heavy (non-hydrogen) atoms. The van der Waals surface area contributed by atoms with Crippen molar-refractivity contribution in [1.29, 1.82) is 0 Å². The van der Waals surface area contributed by atoms with Gasteiger partial charge in [-0.1, -0.05) is 12.8 Å². The summed E-state index contributed by atoms with van der Waals surface area (Å²) < 4.78 is 2.30. The van der Waals surface area contributed by atoms with Crippen LogP contribution >= 0.6 is 0 Å².